The van der Waals surface area contributed by atoms with E-state index in [9.17, 15) is 9.59 Å². The Morgan fingerprint density at radius 3 is 2.40 bits per heavy atom. The van der Waals surface area contributed by atoms with E-state index in [-0.39, 0.29) is 12.5 Å². The molecule has 2 amide bonds. The number of rotatable bonds is 7. The minimum absolute atomic E-state index is 0.195. The van der Waals surface area contributed by atoms with Gasteiger partial charge in [-0.05, 0) is 32.3 Å². The molecule has 1 rings (SSSR count). The summed E-state index contributed by atoms with van der Waals surface area (Å²) in [6.07, 6.45) is 1.31. The van der Waals surface area contributed by atoms with Gasteiger partial charge < -0.3 is 16.8 Å². The van der Waals surface area contributed by atoms with Crippen LogP contribution in [0.3, 0.4) is 0 Å². The van der Waals surface area contributed by atoms with E-state index in [0.29, 0.717) is 6.42 Å². The van der Waals surface area contributed by atoms with Gasteiger partial charge >= 0.3 is 0 Å². The highest BCUT2D eigenvalue weighted by molar-refractivity contribution is 5.84. The number of benzene rings is 1. The fourth-order valence-corrected chi connectivity index (χ4v) is 1.62. The van der Waals surface area contributed by atoms with Gasteiger partial charge in [0.15, 0.2) is 0 Å². The first-order valence-electron chi connectivity index (χ1n) is 6.70. The molecule has 1 aromatic rings. The van der Waals surface area contributed by atoms with Crippen LogP contribution in [0.5, 0.6) is 0 Å². The Kier molecular flexibility index (Phi) is 5.70. The number of carbonyl (C=O) groups excluding carboxylic acids is 2. The Balaban J connectivity index is 2.38. The van der Waals surface area contributed by atoms with E-state index in [2.05, 4.69) is 5.32 Å². The van der Waals surface area contributed by atoms with E-state index in [1.165, 1.54) is 0 Å². The fraction of sp³-hybridized carbons (Fsp3) is 0.467. The summed E-state index contributed by atoms with van der Waals surface area (Å²) in [4.78, 5) is 23.0. The molecular weight excluding hydrogens is 254 g/mol. The minimum atomic E-state index is -0.769. The van der Waals surface area contributed by atoms with Crippen molar-refractivity contribution < 1.29 is 9.59 Å². The number of primary amides is 1. The molecule has 5 nitrogen and oxygen atoms in total. The average molecular weight is 277 g/mol. The summed E-state index contributed by atoms with van der Waals surface area (Å²) in [5.74, 6) is -0.703. The van der Waals surface area contributed by atoms with Crippen molar-refractivity contribution in [2.24, 2.45) is 16.9 Å². The summed E-state index contributed by atoms with van der Waals surface area (Å²) in [6.45, 7) is 3.57. The molecular formula is C15H23N3O2. The van der Waals surface area contributed by atoms with Gasteiger partial charge in [0.1, 0.15) is 0 Å². The van der Waals surface area contributed by atoms with E-state index in [1.807, 2.05) is 30.3 Å². The molecule has 0 radical (unpaired) electrons. The molecule has 20 heavy (non-hydrogen) atoms. The second-order valence-corrected chi connectivity index (χ2v) is 5.60. The molecule has 1 atom stereocenters. The third-order valence-electron chi connectivity index (χ3n) is 3.30. The predicted octanol–water partition coefficient (Wildman–Crippen LogP) is 0.574. The number of aryl methyl sites for hydroxylation is 1. The maximum absolute atomic E-state index is 11.8. The molecule has 5 heteroatoms. The van der Waals surface area contributed by atoms with Crippen LogP contribution < -0.4 is 16.8 Å². The molecule has 0 aromatic heterocycles. The van der Waals surface area contributed by atoms with Gasteiger partial charge in [-0.3, -0.25) is 9.59 Å². The zero-order valence-corrected chi connectivity index (χ0v) is 12.1. The van der Waals surface area contributed by atoms with Crippen molar-refractivity contribution in [3.63, 3.8) is 0 Å². The second kappa shape index (κ2) is 7.05. The Morgan fingerprint density at radius 1 is 1.25 bits per heavy atom. The van der Waals surface area contributed by atoms with Gasteiger partial charge in [-0.15, -0.1) is 0 Å². The summed E-state index contributed by atoms with van der Waals surface area (Å²) in [6, 6.07) is 9.27. The minimum Gasteiger partial charge on any atom is -0.369 e. The highest BCUT2D eigenvalue weighted by atomic mass is 16.2. The van der Waals surface area contributed by atoms with Gasteiger partial charge in [-0.1, -0.05) is 30.3 Å². The zero-order valence-electron chi connectivity index (χ0n) is 12.1. The summed E-state index contributed by atoms with van der Waals surface area (Å²) in [5.41, 5.74) is 11.5. The molecule has 0 aliphatic rings. The van der Waals surface area contributed by atoms with E-state index in [4.69, 9.17) is 11.5 Å². The molecule has 0 aliphatic heterocycles. The highest BCUT2D eigenvalue weighted by Gasteiger charge is 2.26. The summed E-state index contributed by atoms with van der Waals surface area (Å²) in [7, 11) is 0. The Hall–Kier alpha value is -1.88. The van der Waals surface area contributed by atoms with E-state index in [0.717, 1.165) is 12.0 Å². The van der Waals surface area contributed by atoms with Gasteiger partial charge in [0.05, 0.1) is 11.5 Å². The number of nitrogens with one attached hydrogen (secondary N) is 1. The lowest BCUT2D eigenvalue weighted by Crippen LogP contribution is -2.47. The number of nitrogens with two attached hydrogens (primary N) is 2. The van der Waals surface area contributed by atoms with E-state index >= 15 is 0 Å². The Bertz CT molecular complexity index is 457. The third kappa shape index (κ3) is 5.01. The van der Waals surface area contributed by atoms with Crippen molar-refractivity contribution in [3.05, 3.63) is 35.9 Å². The fourth-order valence-electron chi connectivity index (χ4n) is 1.62. The molecule has 110 valence electrons. The molecule has 0 unspecified atom stereocenters. The zero-order chi connectivity index (χ0) is 15.2. The van der Waals surface area contributed by atoms with Gasteiger partial charge in [-0.2, -0.15) is 0 Å². The van der Waals surface area contributed by atoms with Crippen molar-refractivity contribution in [2.75, 3.05) is 6.54 Å². The standard InChI is InChI=1S/C15H23N3O2/c1-15(2,14(17)20)10-18-13(19)12(16)9-8-11-6-4-3-5-7-11/h3-7,12H,8-10,16H2,1-2H3,(H2,17,20)(H,18,19)/t12-/m0/s1. The quantitative estimate of drug-likeness (QED) is 0.679. The first-order valence-corrected chi connectivity index (χ1v) is 6.70. The second-order valence-electron chi connectivity index (χ2n) is 5.60. The number of carbonyl (C=O) groups is 2. The molecule has 1 aromatic carbocycles. The molecule has 0 spiro atoms. The van der Waals surface area contributed by atoms with Crippen LogP contribution in [0, 0.1) is 5.41 Å². The lowest BCUT2D eigenvalue weighted by Gasteiger charge is -2.22. The smallest absolute Gasteiger partial charge is 0.236 e. The van der Waals surface area contributed by atoms with Gasteiger partial charge in [0, 0.05) is 6.54 Å². The van der Waals surface area contributed by atoms with Crippen LogP contribution in [-0.2, 0) is 16.0 Å². The molecule has 0 heterocycles. The number of hydrogen-bond acceptors (Lipinski definition) is 3. The van der Waals surface area contributed by atoms with Crippen LogP contribution in [0.25, 0.3) is 0 Å². The van der Waals surface area contributed by atoms with Crippen LogP contribution in [0.4, 0.5) is 0 Å². The predicted molar refractivity (Wildman–Crippen MR) is 78.7 cm³/mol. The van der Waals surface area contributed by atoms with E-state index in [1.54, 1.807) is 13.8 Å². The molecule has 0 fully saturated rings. The van der Waals surface area contributed by atoms with E-state index < -0.39 is 17.4 Å². The molecule has 0 saturated carbocycles. The third-order valence-corrected chi connectivity index (χ3v) is 3.30. The SMILES string of the molecule is CC(C)(CNC(=O)[C@@H](N)CCc1ccccc1)C(N)=O. The Labute approximate surface area is 119 Å². The largest absolute Gasteiger partial charge is 0.369 e. The highest BCUT2D eigenvalue weighted by Crippen LogP contribution is 2.12. The maximum atomic E-state index is 11.8. The van der Waals surface area contributed by atoms with Crippen LogP contribution in [0.2, 0.25) is 0 Å². The summed E-state index contributed by atoms with van der Waals surface area (Å²) >= 11 is 0. The Morgan fingerprint density at radius 2 is 1.85 bits per heavy atom. The summed E-state index contributed by atoms with van der Waals surface area (Å²) in [5, 5.41) is 2.68. The van der Waals surface area contributed by atoms with Crippen molar-refractivity contribution in [1.82, 2.24) is 5.32 Å². The summed E-state index contributed by atoms with van der Waals surface area (Å²) < 4.78 is 0. The lowest BCUT2D eigenvalue weighted by molar-refractivity contribution is -0.127. The van der Waals surface area contributed by atoms with Crippen molar-refractivity contribution >= 4 is 11.8 Å². The van der Waals surface area contributed by atoms with Crippen LogP contribution in [0.15, 0.2) is 30.3 Å². The molecule has 0 aliphatic carbocycles. The average Bonchev–Trinajstić information content (AvgIpc) is 2.43. The maximum Gasteiger partial charge on any atom is 0.236 e. The van der Waals surface area contributed by atoms with Crippen molar-refractivity contribution in [3.8, 4) is 0 Å². The van der Waals surface area contributed by atoms with Crippen LogP contribution in [-0.4, -0.2) is 24.4 Å². The van der Waals surface area contributed by atoms with Crippen molar-refractivity contribution in [1.29, 1.82) is 0 Å². The first kappa shape index (κ1) is 16.2. The van der Waals surface area contributed by atoms with Gasteiger partial charge in [-0.25, -0.2) is 0 Å². The monoisotopic (exact) mass is 277 g/mol. The first-order chi connectivity index (χ1) is 9.33. The number of hydrogen-bond donors (Lipinski definition) is 3. The lowest BCUT2D eigenvalue weighted by atomic mass is 9.92. The molecule has 0 saturated heterocycles. The number of amides is 2. The van der Waals surface area contributed by atoms with Gasteiger partial charge in [0.2, 0.25) is 11.8 Å². The van der Waals surface area contributed by atoms with Crippen LogP contribution >= 0.6 is 0 Å². The topological polar surface area (TPSA) is 98.2 Å². The van der Waals surface area contributed by atoms with Crippen molar-refractivity contribution in [2.45, 2.75) is 32.7 Å². The molecule has 5 N–H and O–H groups in total. The normalized spacial score (nSPS) is 12.8. The van der Waals surface area contributed by atoms with Crippen LogP contribution in [0.1, 0.15) is 25.8 Å². The molecule has 0 bridgehead atoms. The van der Waals surface area contributed by atoms with Gasteiger partial charge in [0.25, 0.3) is 0 Å².